The zero-order chi connectivity index (χ0) is 67.1. The highest BCUT2D eigenvalue weighted by atomic mass is 28.4. The summed E-state index contributed by atoms with van der Waals surface area (Å²) < 4.78 is 45.3. The molecule has 0 radical (unpaired) electrons. The Hall–Kier alpha value is -7.27. The molecule has 0 aliphatic carbocycles. The van der Waals surface area contributed by atoms with Gasteiger partial charge in [0.2, 0.25) is 5.91 Å². The number of hydrogen-bond donors (Lipinski definition) is 1. The maximum absolute atomic E-state index is 15.1. The molecule has 0 saturated carbocycles. The lowest BCUT2D eigenvalue weighted by molar-refractivity contribution is -0.130. The van der Waals surface area contributed by atoms with Crippen LogP contribution in [0.5, 0.6) is 17.2 Å². The van der Waals surface area contributed by atoms with E-state index in [1.54, 1.807) is 41.0 Å². The maximum Gasteiger partial charge on any atom is 0.416 e. The SMILES string of the molecule is C=CCOC(=O)N1c2cc(OCCCCCOc3cc4c(cc3C)C(=O)N3C=C(/C=C/C)C[C@H]3[C@H](O[Si](C)(C)C(C)(C)C)N4C(=O)OCc3ccc(CC(=O)[C@H](C)NC(=O)[C@@H](C)C(C)C)cc3)c(OC)cc2C(=O)N2C=C(/C=C/C)C[C@H]2[C@@H]1O[Si](C)(C)C(C)(C)C. The number of fused-ring (bicyclic) bond motifs is 4. The lowest BCUT2D eigenvalue weighted by Gasteiger charge is -2.44. The Morgan fingerprint density at radius 1 is 0.670 bits per heavy atom. The molecule has 0 fully saturated rings. The van der Waals surface area contributed by atoms with Crippen LogP contribution in [0.4, 0.5) is 21.0 Å². The number of nitrogens with one attached hydrogen (secondary N) is 1. The van der Waals surface area contributed by atoms with Crippen molar-refractivity contribution in [1.82, 2.24) is 15.1 Å². The van der Waals surface area contributed by atoms with E-state index < -0.39 is 59.4 Å². The van der Waals surface area contributed by atoms with Gasteiger partial charge in [-0.15, -0.1) is 0 Å². The van der Waals surface area contributed by atoms with Crippen LogP contribution in [0.25, 0.3) is 0 Å². The van der Waals surface area contributed by atoms with Gasteiger partial charge < -0.3 is 47.7 Å². The van der Waals surface area contributed by atoms with Crippen molar-refractivity contribution in [3.8, 4) is 17.2 Å². The van der Waals surface area contributed by atoms with Gasteiger partial charge in [-0.2, -0.15) is 0 Å². The average molecular weight is 1290 g/mol. The molecule has 1 N–H and O–H groups in total. The summed E-state index contributed by atoms with van der Waals surface area (Å²) in [7, 11) is -3.80. The first-order valence-corrected chi connectivity index (χ1v) is 37.8. The quantitative estimate of drug-likeness (QED) is 0.0479. The molecule has 0 aromatic heterocycles. The van der Waals surface area contributed by atoms with Crippen LogP contribution >= 0.6 is 0 Å². The topological polar surface area (TPSA) is 192 Å². The van der Waals surface area contributed by atoms with Gasteiger partial charge in [0, 0.05) is 36.9 Å². The van der Waals surface area contributed by atoms with E-state index in [1.807, 2.05) is 103 Å². The fourth-order valence-corrected chi connectivity index (χ4v) is 13.2. The Morgan fingerprint density at radius 2 is 1.14 bits per heavy atom. The third-order valence-electron chi connectivity index (χ3n) is 18.7. The summed E-state index contributed by atoms with van der Waals surface area (Å²) in [5, 5.41) is 2.34. The molecule has 4 heterocycles. The molecule has 6 atom stereocenters. The number of rotatable bonds is 25. The van der Waals surface area contributed by atoms with Gasteiger partial charge in [-0.05, 0) is 142 Å². The van der Waals surface area contributed by atoms with E-state index in [0.717, 1.165) is 16.7 Å². The van der Waals surface area contributed by atoms with Crippen LogP contribution in [0.3, 0.4) is 0 Å². The second-order valence-corrected chi connectivity index (χ2v) is 37.2. The van der Waals surface area contributed by atoms with Crippen molar-refractivity contribution in [3.63, 3.8) is 0 Å². The monoisotopic (exact) mass is 1290 g/mol. The van der Waals surface area contributed by atoms with Crippen molar-refractivity contribution in [2.75, 3.05) is 36.7 Å². The third-order valence-corrected chi connectivity index (χ3v) is 27.5. The van der Waals surface area contributed by atoms with Gasteiger partial charge in [0.05, 0.1) is 61.0 Å². The molecule has 20 heteroatoms. The zero-order valence-corrected chi connectivity index (χ0v) is 59.1. The number of carbonyl (C=O) groups is 6. The summed E-state index contributed by atoms with van der Waals surface area (Å²) >= 11 is 0. The van der Waals surface area contributed by atoms with Gasteiger partial charge in [0.15, 0.2) is 46.4 Å². The number of ether oxygens (including phenoxy) is 5. The van der Waals surface area contributed by atoms with Crippen molar-refractivity contribution in [3.05, 3.63) is 137 Å². The highest BCUT2D eigenvalue weighted by Crippen LogP contribution is 2.48. The number of benzene rings is 3. The summed E-state index contributed by atoms with van der Waals surface area (Å²) in [4.78, 5) is 91.6. The van der Waals surface area contributed by atoms with Gasteiger partial charge in [-0.1, -0.05) is 124 Å². The molecule has 18 nitrogen and oxygen atoms in total. The minimum Gasteiger partial charge on any atom is -0.493 e. The normalized spacial score (nSPS) is 19.2. The molecule has 494 valence electrons. The zero-order valence-electron chi connectivity index (χ0n) is 57.1. The molecule has 0 spiro atoms. The molecule has 0 unspecified atom stereocenters. The lowest BCUT2D eigenvalue weighted by atomic mass is 9.96. The summed E-state index contributed by atoms with van der Waals surface area (Å²) in [6.45, 7) is 38.6. The van der Waals surface area contributed by atoms with E-state index in [-0.39, 0.29) is 82.9 Å². The summed E-state index contributed by atoms with van der Waals surface area (Å²) in [5.41, 5.74) is 5.09. The van der Waals surface area contributed by atoms with Gasteiger partial charge in [0.1, 0.15) is 19.0 Å². The van der Waals surface area contributed by atoms with Crippen molar-refractivity contribution in [2.45, 2.75) is 202 Å². The van der Waals surface area contributed by atoms with E-state index in [9.17, 15) is 24.0 Å². The predicted octanol–water partition coefficient (Wildman–Crippen LogP) is 14.9. The van der Waals surface area contributed by atoms with Crippen LogP contribution in [0, 0.1) is 18.8 Å². The molecule has 91 heavy (non-hydrogen) atoms. The first-order chi connectivity index (χ1) is 42.8. The molecule has 3 aromatic rings. The van der Waals surface area contributed by atoms with Crippen LogP contribution in [-0.4, -0.2) is 120 Å². The van der Waals surface area contributed by atoms with E-state index >= 15 is 4.79 Å². The summed E-state index contributed by atoms with van der Waals surface area (Å²) in [5.74, 6) is 0.165. The van der Waals surface area contributed by atoms with Crippen LogP contribution in [0.2, 0.25) is 36.3 Å². The highest BCUT2D eigenvalue weighted by molar-refractivity contribution is 6.74. The average Bonchev–Trinajstić information content (AvgIpc) is 1.63. The number of allylic oxidation sites excluding steroid dienone is 4. The molecule has 3 aromatic carbocycles. The highest BCUT2D eigenvalue weighted by Gasteiger charge is 2.53. The largest absolute Gasteiger partial charge is 0.493 e. The van der Waals surface area contributed by atoms with Crippen molar-refractivity contribution >= 4 is 63.7 Å². The van der Waals surface area contributed by atoms with Crippen LogP contribution in [0.1, 0.15) is 153 Å². The van der Waals surface area contributed by atoms with Crippen molar-refractivity contribution in [1.29, 1.82) is 0 Å². The summed E-state index contributed by atoms with van der Waals surface area (Å²) in [6, 6.07) is 12.3. The number of methoxy groups -OCH3 is 1. The fourth-order valence-electron chi connectivity index (χ4n) is 10.8. The number of nitrogens with zero attached hydrogens (tertiary/aromatic N) is 4. The number of anilines is 2. The molecule has 0 saturated heterocycles. The summed E-state index contributed by atoms with van der Waals surface area (Å²) in [6.07, 6.45) is 12.6. The van der Waals surface area contributed by atoms with E-state index in [0.29, 0.717) is 78.3 Å². The number of ketones is 1. The minimum atomic E-state index is -2.69. The lowest BCUT2D eigenvalue weighted by Crippen LogP contribution is -2.57. The first kappa shape index (κ1) is 71.2. The van der Waals surface area contributed by atoms with Gasteiger partial charge in [-0.25, -0.2) is 19.4 Å². The van der Waals surface area contributed by atoms with Gasteiger partial charge in [0.25, 0.3) is 11.8 Å². The fraction of sp³-hybridized carbons (Fsp3) is 0.521. The first-order valence-electron chi connectivity index (χ1n) is 32.0. The number of hydrogen-bond acceptors (Lipinski definition) is 13. The third kappa shape index (κ3) is 16.3. The molecule has 4 aliphatic heterocycles. The van der Waals surface area contributed by atoms with Crippen molar-refractivity contribution in [2.24, 2.45) is 11.8 Å². The number of carbonyl (C=O) groups excluding carboxylic acids is 6. The Morgan fingerprint density at radius 3 is 1.62 bits per heavy atom. The molecular formula is C71H99N5O13Si2. The van der Waals surface area contributed by atoms with Crippen LogP contribution < -0.4 is 29.3 Å². The van der Waals surface area contributed by atoms with Crippen LogP contribution in [-0.2, 0) is 40.9 Å². The maximum atomic E-state index is 15.1. The van der Waals surface area contributed by atoms with Gasteiger partial charge >= 0.3 is 12.2 Å². The predicted molar refractivity (Wildman–Crippen MR) is 362 cm³/mol. The van der Waals surface area contributed by atoms with E-state index in [1.165, 1.54) is 23.0 Å². The number of amides is 5. The molecule has 7 rings (SSSR count). The smallest absolute Gasteiger partial charge is 0.416 e. The van der Waals surface area contributed by atoms with Crippen molar-refractivity contribution < 1.29 is 61.3 Å². The Labute approximate surface area is 542 Å². The van der Waals surface area contributed by atoms with E-state index in [4.69, 9.17) is 32.5 Å². The number of unbranched alkanes of at least 4 members (excludes halogenated alkanes) is 2. The molecule has 4 aliphatic rings. The number of Topliss-reactive ketones (excluding diaryl/α,β-unsaturated/α-hetero) is 1. The second-order valence-electron chi connectivity index (χ2n) is 27.7. The second kappa shape index (κ2) is 29.6. The molecule has 0 bridgehead atoms. The Balaban J connectivity index is 1.11. The Bertz CT molecular complexity index is 3320. The van der Waals surface area contributed by atoms with E-state index in [2.05, 4.69) is 79.6 Å². The van der Waals surface area contributed by atoms with Gasteiger partial charge in [-0.3, -0.25) is 19.2 Å². The molecular weight excluding hydrogens is 1190 g/mol. The standard InChI is InChI=1S/C71H99N5O13Si2/c1-20-26-51-37-58-67(89-91(18,19)71(12,13)14)76(69(82)87-44-50-30-28-49(29-31-50)38-59(77)48(8)72-63(78)47(7)45(4)5)55-40-60(46(6)35-53(55)64(79)73(58)42-51)84-33-24-23-25-34-85-62-41-56-54(39-61(62)83-15)65(80)74-43-52(27-21-2)36-57(74)66(75(56)68(81)86-32-22-3)88-90(16,17)70(9,10)11/h20-22,26-31,35,39-43,45,47-48,57-58,66-67H,3,23-25,32-34,36-38,44H2,1-2,4-19H3,(H,72,78)/b26-20+,27-21+/t47-,48-,57-,58-,66-,67-/m0/s1. The minimum absolute atomic E-state index is 0.0560. The van der Waals surface area contributed by atoms with Crippen LogP contribution in [0.15, 0.2) is 109 Å². The molecule has 5 amide bonds. The number of aryl methyl sites for hydroxylation is 1. The Kier molecular flexibility index (Phi) is 23.1.